The van der Waals surface area contributed by atoms with Gasteiger partial charge in [-0.15, -0.1) is 0 Å². The predicted octanol–water partition coefficient (Wildman–Crippen LogP) is 4.11. The highest BCUT2D eigenvalue weighted by atomic mass is 35.5. The number of likely N-dealkylation sites (tertiary alicyclic amines) is 1. The summed E-state index contributed by atoms with van der Waals surface area (Å²) < 4.78 is 0. The Kier molecular flexibility index (Phi) is 6.34. The minimum atomic E-state index is 0.428. The first-order valence-electron chi connectivity index (χ1n) is 7.88. The van der Waals surface area contributed by atoms with Crippen molar-refractivity contribution in [1.82, 2.24) is 10.2 Å². The summed E-state index contributed by atoms with van der Waals surface area (Å²) in [5.74, 6) is 0.934. The van der Waals surface area contributed by atoms with Crippen molar-refractivity contribution in [2.45, 2.75) is 38.6 Å². The molecule has 3 heteroatoms. The molecule has 1 aliphatic rings. The van der Waals surface area contributed by atoms with Crippen molar-refractivity contribution in [1.29, 1.82) is 0 Å². The monoisotopic (exact) mass is 294 g/mol. The van der Waals surface area contributed by atoms with Crippen LogP contribution in [0.15, 0.2) is 24.3 Å². The Balaban J connectivity index is 1.81. The minimum absolute atomic E-state index is 0.428. The van der Waals surface area contributed by atoms with Crippen LogP contribution in [0.1, 0.15) is 44.2 Å². The van der Waals surface area contributed by atoms with Gasteiger partial charge in [0.2, 0.25) is 0 Å². The Hall–Kier alpha value is -0.570. The fraction of sp³-hybridized carbons (Fsp3) is 0.647. The fourth-order valence-corrected chi connectivity index (χ4v) is 3.37. The van der Waals surface area contributed by atoms with Gasteiger partial charge < -0.3 is 10.2 Å². The van der Waals surface area contributed by atoms with Crippen molar-refractivity contribution in [2.24, 2.45) is 5.92 Å². The number of benzene rings is 1. The molecular weight excluding hydrogens is 268 g/mol. The highest BCUT2D eigenvalue weighted by Gasteiger charge is 2.22. The van der Waals surface area contributed by atoms with Crippen LogP contribution in [0, 0.1) is 5.92 Å². The molecule has 0 amide bonds. The molecule has 1 saturated heterocycles. The lowest BCUT2D eigenvalue weighted by atomic mass is 10.0. The van der Waals surface area contributed by atoms with Gasteiger partial charge in [-0.3, -0.25) is 0 Å². The van der Waals surface area contributed by atoms with Crippen molar-refractivity contribution in [3.8, 4) is 0 Å². The molecule has 1 aromatic carbocycles. The Bertz CT molecular complexity index is 390. The van der Waals surface area contributed by atoms with E-state index in [0.717, 1.165) is 17.4 Å². The summed E-state index contributed by atoms with van der Waals surface area (Å²) in [6.45, 7) is 6.06. The zero-order valence-electron chi connectivity index (χ0n) is 12.7. The van der Waals surface area contributed by atoms with Gasteiger partial charge in [-0.2, -0.15) is 0 Å². The fourth-order valence-electron chi connectivity index (χ4n) is 3.24. The van der Waals surface area contributed by atoms with Crippen LogP contribution >= 0.6 is 11.6 Å². The second kappa shape index (κ2) is 8.02. The van der Waals surface area contributed by atoms with Crippen molar-refractivity contribution in [3.63, 3.8) is 0 Å². The molecule has 20 heavy (non-hydrogen) atoms. The Labute approximate surface area is 128 Å². The lowest BCUT2D eigenvalue weighted by Crippen LogP contribution is -2.26. The normalized spacial score (nSPS) is 21.2. The lowest BCUT2D eigenvalue weighted by molar-refractivity contribution is 0.299. The number of nitrogens with one attached hydrogen (secondary N) is 1. The number of halogens is 1. The van der Waals surface area contributed by atoms with E-state index in [9.17, 15) is 0 Å². The average Bonchev–Trinajstić information content (AvgIpc) is 2.89. The summed E-state index contributed by atoms with van der Waals surface area (Å²) in [6.07, 6.45) is 5.27. The molecule has 0 spiro atoms. The maximum atomic E-state index is 5.96. The molecule has 0 saturated carbocycles. The molecule has 2 nitrogen and oxygen atoms in total. The summed E-state index contributed by atoms with van der Waals surface area (Å²) in [6, 6.07) is 8.65. The van der Waals surface area contributed by atoms with E-state index >= 15 is 0 Å². The average molecular weight is 295 g/mol. The topological polar surface area (TPSA) is 15.3 Å². The van der Waals surface area contributed by atoms with Gasteiger partial charge >= 0.3 is 0 Å². The van der Waals surface area contributed by atoms with E-state index in [4.69, 9.17) is 11.6 Å². The summed E-state index contributed by atoms with van der Waals surface area (Å²) in [5.41, 5.74) is 1.33. The second-order valence-electron chi connectivity index (χ2n) is 5.93. The maximum absolute atomic E-state index is 5.96. The standard InChI is InChI=1S/C17H27ClN2/c1-3-4-14-9-11-20(13-14)12-10-17(19-2)15-5-7-16(18)8-6-15/h5-8,14,17,19H,3-4,9-13H2,1-2H3. The Morgan fingerprint density at radius 1 is 1.35 bits per heavy atom. The van der Waals surface area contributed by atoms with Gasteiger partial charge in [0.25, 0.3) is 0 Å². The minimum Gasteiger partial charge on any atom is -0.313 e. The van der Waals surface area contributed by atoms with Crippen LogP contribution in [0.2, 0.25) is 5.02 Å². The molecule has 1 aliphatic heterocycles. The molecule has 2 atom stereocenters. The number of hydrogen-bond donors (Lipinski definition) is 1. The van der Waals surface area contributed by atoms with Gasteiger partial charge in [0.1, 0.15) is 0 Å². The Morgan fingerprint density at radius 3 is 2.75 bits per heavy atom. The summed E-state index contributed by atoms with van der Waals surface area (Å²) in [7, 11) is 2.04. The molecule has 1 heterocycles. The second-order valence-corrected chi connectivity index (χ2v) is 6.36. The third kappa shape index (κ3) is 4.47. The molecule has 0 aromatic heterocycles. The third-order valence-electron chi connectivity index (χ3n) is 4.42. The highest BCUT2D eigenvalue weighted by Crippen LogP contribution is 2.23. The molecule has 1 N–H and O–H groups in total. The largest absolute Gasteiger partial charge is 0.313 e. The molecule has 0 aliphatic carbocycles. The van der Waals surface area contributed by atoms with Gasteiger partial charge in [0.15, 0.2) is 0 Å². The van der Waals surface area contributed by atoms with Crippen molar-refractivity contribution in [3.05, 3.63) is 34.9 Å². The molecular formula is C17H27ClN2. The van der Waals surface area contributed by atoms with E-state index in [0.29, 0.717) is 6.04 Å². The Morgan fingerprint density at radius 2 is 2.10 bits per heavy atom. The van der Waals surface area contributed by atoms with E-state index in [1.54, 1.807) is 0 Å². The summed E-state index contributed by atoms with van der Waals surface area (Å²) in [4.78, 5) is 2.63. The van der Waals surface area contributed by atoms with E-state index in [2.05, 4.69) is 29.3 Å². The zero-order valence-corrected chi connectivity index (χ0v) is 13.5. The van der Waals surface area contributed by atoms with Gasteiger partial charge in [-0.05, 0) is 63.0 Å². The molecule has 1 aromatic rings. The van der Waals surface area contributed by atoms with Crippen LogP contribution in [-0.4, -0.2) is 31.6 Å². The van der Waals surface area contributed by atoms with E-state index in [1.807, 2.05) is 19.2 Å². The molecule has 0 radical (unpaired) electrons. The predicted molar refractivity (Wildman–Crippen MR) is 87.3 cm³/mol. The first-order chi connectivity index (χ1) is 9.72. The lowest BCUT2D eigenvalue weighted by Gasteiger charge is -2.21. The van der Waals surface area contributed by atoms with Crippen LogP contribution in [0.4, 0.5) is 0 Å². The van der Waals surface area contributed by atoms with Gasteiger partial charge in [0.05, 0.1) is 0 Å². The van der Waals surface area contributed by atoms with Gasteiger partial charge in [0, 0.05) is 17.6 Å². The number of nitrogens with zero attached hydrogens (tertiary/aromatic N) is 1. The quantitative estimate of drug-likeness (QED) is 0.814. The zero-order chi connectivity index (χ0) is 14.4. The van der Waals surface area contributed by atoms with Crippen LogP contribution in [0.3, 0.4) is 0 Å². The number of hydrogen-bond acceptors (Lipinski definition) is 2. The highest BCUT2D eigenvalue weighted by molar-refractivity contribution is 6.30. The SMILES string of the molecule is CCCC1CCN(CCC(NC)c2ccc(Cl)cc2)C1. The summed E-state index contributed by atoms with van der Waals surface area (Å²) in [5, 5.41) is 4.24. The summed E-state index contributed by atoms with van der Waals surface area (Å²) >= 11 is 5.96. The molecule has 0 bridgehead atoms. The van der Waals surface area contributed by atoms with E-state index in [1.165, 1.54) is 44.5 Å². The van der Waals surface area contributed by atoms with Crippen molar-refractivity contribution in [2.75, 3.05) is 26.7 Å². The molecule has 112 valence electrons. The van der Waals surface area contributed by atoms with Gasteiger partial charge in [-0.25, -0.2) is 0 Å². The number of rotatable bonds is 7. The maximum Gasteiger partial charge on any atom is 0.0406 e. The molecule has 1 fully saturated rings. The molecule has 2 rings (SSSR count). The molecule has 2 unspecified atom stereocenters. The van der Waals surface area contributed by atoms with Gasteiger partial charge in [-0.1, -0.05) is 37.1 Å². The van der Waals surface area contributed by atoms with Crippen LogP contribution in [0.25, 0.3) is 0 Å². The van der Waals surface area contributed by atoms with E-state index in [-0.39, 0.29) is 0 Å². The first kappa shape index (κ1) is 15.8. The first-order valence-corrected chi connectivity index (χ1v) is 8.25. The smallest absolute Gasteiger partial charge is 0.0406 e. The van der Waals surface area contributed by atoms with Crippen LogP contribution in [-0.2, 0) is 0 Å². The third-order valence-corrected chi connectivity index (χ3v) is 4.67. The van der Waals surface area contributed by atoms with E-state index < -0.39 is 0 Å². The van der Waals surface area contributed by atoms with Crippen LogP contribution < -0.4 is 5.32 Å². The van der Waals surface area contributed by atoms with Crippen molar-refractivity contribution < 1.29 is 0 Å². The van der Waals surface area contributed by atoms with Crippen LogP contribution in [0.5, 0.6) is 0 Å². The van der Waals surface area contributed by atoms with Crippen molar-refractivity contribution >= 4 is 11.6 Å².